The van der Waals surface area contributed by atoms with Crippen molar-refractivity contribution >= 4 is 10.0 Å². The molecule has 1 unspecified atom stereocenters. The number of halogens is 2. The average Bonchev–Trinajstić information content (AvgIpc) is 2.49. The van der Waals surface area contributed by atoms with Gasteiger partial charge in [-0.15, -0.1) is 0 Å². The van der Waals surface area contributed by atoms with Crippen LogP contribution in [0.3, 0.4) is 0 Å². The summed E-state index contributed by atoms with van der Waals surface area (Å²) in [6, 6.07) is 10.7. The number of hydrogen-bond acceptors (Lipinski definition) is 2. The van der Waals surface area contributed by atoms with Crippen molar-refractivity contribution in [3.63, 3.8) is 0 Å². The summed E-state index contributed by atoms with van der Waals surface area (Å²) >= 11 is 0. The molecule has 0 saturated carbocycles. The summed E-state index contributed by atoms with van der Waals surface area (Å²) in [7, 11) is -2.28. The van der Waals surface area contributed by atoms with E-state index in [2.05, 4.69) is 0 Å². The first-order valence-electron chi connectivity index (χ1n) is 6.32. The number of benzene rings is 2. The molecule has 0 amide bonds. The Morgan fingerprint density at radius 3 is 2.19 bits per heavy atom. The number of hydrogen-bond donors (Lipinski definition) is 0. The molecule has 0 fully saturated rings. The molecule has 0 aromatic heterocycles. The van der Waals surface area contributed by atoms with Gasteiger partial charge in [-0.3, -0.25) is 0 Å². The van der Waals surface area contributed by atoms with Crippen LogP contribution < -0.4 is 0 Å². The molecule has 0 bridgehead atoms. The van der Waals surface area contributed by atoms with Crippen molar-refractivity contribution in [1.82, 2.24) is 4.31 Å². The first kappa shape index (κ1) is 15.6. The molecule has 2 aromatic carbocycles. The SMILES string of the molecule is CC(c1ccc(F)c(F)c1)N(C)S(=O)(=O)c1ccccc1. The van der Waals surface area contributed by atoms with Gasteiger partial charge in [-0.2, -0.15) is 4.31 Å². The molecule has 0 heterocycles. The molecule has 0 spiro atoms. The maximum Gasteiger partial charge on any atom is 0.243 e. The molecule has 112 valence electrons. The molecular formula is C15H15F2NO2S. The third-order valence-electron chi connectivity index (χ3n) is 3.39. The van der Waals surface area contributed by atoms with Gasteiger partial charge in [0, 0.05) is 13.1 Å². The molecule has 0 aliphatic rings. The van der Waals surface area contributed by atoms with Gasteiger partial charge in [-0.25, -0.2) is 17.2 Å². The Labute approximate surface area is 122 Å². The molecule has 0 saturated heterocycles. The van der Waals surface area contributed by atoms with Gasteiger partial charge in [-0.1, -0.05) is 24.3 Å². The minimum Gasteiger partial charge on any atom is -0.207 e. The van der Waals surface area contributed by atoms with E-state index in [0.717, 1.165) is 16.4 Å². The zero-order chi connectivity index (χ0) is 15.6. The van der Waals surface area contributed by atoms with E-state index in [1.165, 1.54) is 25.2 Å². The van der Waals surface area contributed by atoms with Crippen LogP contribution in [0.2, 0.25) is 0 Å². The Balaban J connectivity index is 2.34. The second kappa shape index (κ2) is 5.91. The minimum absolute atomic E-state index is 0.155. The van der Waals surface area contributed by atoms with E-state index in [-0.39, 0.29) is 4.90 Å². The van der Waals surface area contributed by atoms with Gasteiger partial charge in [0.05, 0.1) is 4.90 Å². The maximum absolute atomic E-state index is 13.3. The van der Waals surface area contributed by atoms with Crippen molar-refractivity contribution in [1.29, 1.82) is 0 Å². The van der Waals surface area contributed by atoms with Crippen molar-refractivity contribution in [2.75, 3.05) is 7.05 Å². The highest BCUT2D eigenvalue weighted by atomic mass is 32.2. The molecule has 0 aliphatic carbocycles. The Kier molecular flexibility index (Phi) is 4.39. The highest BCUT2D eigenvalue weighted by molar-refractivity contribution is 7.89. The van der Waals surface area contributed by atoms with Gasteiger partial charge in [0.1, 0.15) is 0 Å². The standard InChI is InChI=1S/C15H15F2NO2S/c1-11(12-8-9-14(16)15(17)10-12)18(2)21(19,20)13-6-4-3-5-7-13/h3-11H,1-2H3. The fourth-order valence-corrected chi connectivity index (χ4v) is 3.32. The summed E-state index contributed by atoms with van der Waals surface area (Å²) in [5.74, 6) is -1.95. The Hall–Kier alpha value is -1.79. The van der Waals surface area contributed by atoms with Crippen LogP contribution in [-0.2, 0) is 10.0 Å². The topological polar surface area (TPSA) is 37.4 Å². The van der Waals surface area contributed by atoms with Crippen molar-refractivity contribution in [3.05, 3.63) is 65.7 Å². The fourth-order valence-electron chi connectivity index (χ4n) is 1.95. The highest BCUT2D eigenvalue weighted by Gasteiger charge is 2.26. The maximum atomic E-state index is 13.3. The number of rotatable bonds is 4. The van der Waals surface area contributed by atoms with E-state index in [4.69, 9.17) is 0 Å². The lowest BCUT2D eigenvalue weighted by molar-refractivity contribution is 0.395. The van der Waals surface area contributed by atoms with Gasteiger partial charge in [-0.05, 0) is 36.8 Å². The summed E-state index contributed by atoms with van der Waals surface area (Å²) in [5, 5.41) is 0. The first-order chi connectivity index (χ1) is 9.84. The second-order valence-corrected chi connectivity index (χ2v) is 6.68. The van der Waals surface area contributed by atoms with Crippen LogP contribution in [0.1, 0.15) is 18.5 Å². The molecule has 0 radical (unpaired) electrons. The first-order valence-corrected chi connectivity index (χ1v) is 7.76. The summed E-state index contributed by atoms with van der Waals surface area (Å²) in [6.45, 7) is 1.62. The molecule has 1 atom stereocenters. The smallest absolute Gasteiger partial charge is 0.207 e. The predicted octanol–water partition coefficient (Wildman–Crippen LogP) is 3.35. The van der Waals surface area contributed by atoms with Crippen LogP contribution >= 0.6 is 0 Å². The van der Waals surface area contributed by atoms with Crippen LogP contribution in [0.5, 0.6) is 0 Å². The van der Waals surface area contributed by atoms with E-state index < -0.39 is 27.7 Å². The van der Waals surface area contributed by atoms with Gasteiger partial charge in [0.25, 0.3) is 0 Å². The largest absolute Gasteiger partial charge is 0.243 e. The predicted molar refractivity (Wildman–Crippen MR) is 76.2 cm³/mol. The van der Waals surface area contributed by atoms with Crippen LogP contribution in [0, 0.1) is 11.6 Å². The molecule has 2 aromatic rings. The van der Waals surface area contributed by atoms with E-state index in [1.807, 2.05) is 0 Å². The summed E-state index contributed by atoms with van der Waals surface area (Å²) in [4.78, 5) is 0.155. The molecule has 21 heavy (non-hydrogen) atoms. The minimum atomic E-state index is -3.69. The Morgan fingerprint density at radius 1 is 1.00 bits per heavy atom. The molecule has 2 rings (SSSR count). The van der Waals surface area contributed by atoms with E-state index in [9.17, 15) is 17.2 Å². The summed E-state index contributed by atoms with van der Waals surface area (Å²) in [5.41, 5.74) is 0.385. The third-order valence-corrected chi connectivity index (χ3v) is 5.33. The van der Waals surface area contributed by atoms with Gasteiger partial charge in [0.2, 0.25) is 10.0 Å². The van der Waals surface area contributed by atoms with Crippen LogP contribution in [0.4, 0.5) is 8.78 Å². The summed E-state index contributed by atoms with van der Waals surface area (Å²) in [6.07, 6.45) is 0. The van der Waals surface area contributed by atoms with E-state index in [1.54, 1.807) is 25.1 Å². The second-order valence-electron chi connectivity index (χ2n) is 4.68. The zero-order valence-corrected chi connectivity index (χ0v) is 12.4. The lowest BCUT2D eigenvalue weighted by Crippen LogP contribution is -2.29. The van der Waals surface area contributed by atoms with Crippen LogP contribution in [0.15, 0.2) is 53.4 Å². The lowest BCUT2D eigenvalue weighted by atomic mass is 10.1. The molecule has 0 N–H and O–H groups in total. The van der Waals surface area contributed by atoms with E-state index in [0.29, 0.717) is 5.56 Å². The van der Waals surface area contributed by atoms with Gasteiger partial charge in [0.15, 0.2) is 11.6 Å². The zero-order valence-electron chi connectivity index (χ0n) is 11.6. The monoisotopic (exact) mass is 311 g/mol. The Morgan fingerprint density at radius 2 is 1.62 bits per heavy atom. The Bertz CT molecular complexity index is 733. The van der Waals surface area contributed by atoms with Gasteiger partial charge < -0.3 is 0 Å². The van der Waals surface area contributed by atoms with Crippen molar-refractivity contribution in [3.8, 4) is 0 Å². The quantitative estimate of drug-likeness (QED) is 0.868. The third kappa shape index (κ3) is 3.11. The lowest BCUT2D eigenvalue weighted by Gasteiger charge is -2.24. The molecular weight excluding hydrogens is 296 g/mol. The fraction of sp³-hybridized carbons (Fsp3) is 0.200. The van der Waals surface area contributed by atoms with Crippen LogP contribution in [-0.4, -0.2) is 19.8 Å². The average molecular weight is 311 g/mol. The number of sulfonamides is 1. The molecule has 3 nitrogen and oxygen atoms in total. The highest BCUT2D eigenvalue weighted by Crippen LogP contribution is 2.26. The van der Waals surface area contributed by atoms with Crippen LogP contribution in [0.25, 0.3) is 0 Å². The van der Waals surface area contributed by atoms with Crippen molar-refractivity contribution in [2.24, 2.45) is 0 Å². The molecule has 6 heteroatoms. The molecule has 0 aliphatic heterocycles. The van der Waals surface area contributed by atoms with Crippen molar-refractivity contribution in [2.45, 2.75) is 17.9 Å². The normalized spacial score (nSPS) is 13.4. The van der Waals surface area contributed by atoms with E-state index >= 15 is 0 Å². The van der Waals surface area contributed by atoms with Crippen molar-refractivity contribution < 1.29 is 17.2 Å². The number of nitrogens with zero attached hydrogens (tertiary/aromatic N) is 1. The van der Waals surface area contributed by atoms with Gasteiger partial charge >= 0.3 is 0 Å². The summed E-state index contributed by atoms with van der Waals surface area (Å²) < 4.78 is 52.3.